The van der Waals surface area contributed by atoms with Crippen molar-refractivity contribution in [2.75, 3.05) is 0 Å². The molecule has 0 unspecified atom stereocenters. The number of phenolic OH excluding ortho intramolecular Hbond substituents is 1. The molecule has 1 fully saturated rings. The Morgan fingerprint density at radius 1 is 1.28 bits per heavy atom. The van der Waals surface area contributed by atoms with Gasteiger partial charge < -0.3 is 10.0 Å². The molecule has 1 aliphatic rings. The monoisotopic (exact) mass is 247 g/mol. The van der Waals surface area contributed by atoms with Crippen molar-refractivity contribution in [3.8, 4) is 5.75 Å². The van der Waals surface area contributed by atoms with Gasteiger partial charge in [-0.1, -0.05) is 0 Å². The predicted octanol–water partition coefficient (Wildman–Crippen LogP) is 3.10. The van der Waals surface area contributed by atoms with E-state index in [0.29, 0.717) is 17.6 Å². The van der Waals surface area contributed by atoms with Gasteiger partial charge in [0.15, 0.2) is 0 Å². The summed E-state index contributed by atoms with van der Waals surface area (Å²) in [5, 5.41) is 9.51. The quantitative estimate of drug-likeness (QED) is 0.828. The molecule has 0 spiro atoms. The molecule has 2 rings (SSSR count). The van der Waals surface area contributed by atoms with Gasteiger partial charge in [0.1, 0.15) is 5.75 Å². The smallest absolute Gasteiger partial charge is 0.254 e. The standard InChI is InChI=1S/C15H21NO2/c1-10-9-13(7-8-14(10)17)15(18)16-11(2)5-4-6-12(16)3/h7-9,11-12,17H,4-6H2,1-3H3/t11-,12+. The van der Waals surface area contributed by atoms with Gasteiger partial charge in [-0.05, 0) is 63.8 Å². The summed E-state index contributed by atoms with van der Waals surface area (Å²) in [5.41, 5.74) is 1.42. The molecule has 1 heterocycles. The normalized spacial score (nSPS) is 24.1. The van der Waals surface area contributed by atoms with Crippen LogP contribution in [0.25, 0.3) is 0 Å². The van der Waals surface area contributed by atoms with E-state index >= 15 is 0 Å². The summed E-state index contributed by atoms with van der Waals surface area (Å²) in [7, 11) is 0. The number of aromatic hydroxyl groups is 1. The van der Waals surface area contributed by atoms with Gasteiger partial charge in [-0.3, -0.25) is 4.79 Å². The lowest BCUT2D eigenvalue weighted by atomic mass is 9.96. The van der Waals surface area contributed by atoms with Gasteiger partial charge >= 0.3 is 0 Å². The zero-order valence-corrected chi connectivity index (χ0v) is 11.3. The van der Waals surface area contributed by atoms with Gasteiger partial charge in [0.2, 0.25) is 0 Å². The Kier molecular flexibility index (Phi) is 3.60. The molecule has 2 atom stereocenters. The number of hydrogen-bond donors (Lipinski definition) is 1. The van der Waals surface area contributed by atoms with Crippen molar-refractivity contribution >= 4 is 5.91 Å². The van der Waals surface area contributed by atoms with E-state index < -0.39 is 0 Å². The maximum Gasteiger partial charge on any atom is 0.254 e. The van der Waals surface area contributed by atoms with Gasteiger partial charge in [0.25, 0.3) is 5.91 Å². The van der Waals surface area contributed by atoms with Crippen LogP contribution in [0.4, 0.5) is 0 Å². The van der Waals surface area contributed by atoms with Crippen molar-refractivity contribution < 1.29 is 9.90 Å². The summed E-state index contributed by atoms with van der Waals surface area (Å²) in [5.74, 6) is 0.323. The lowest BCUT2D eigenvalue weighted by Gasteiger charge is -2.39. The molecule has 0 radical (unpaired) electrons. The minimum absolute atomic E-state index is 0.0813. The lowest BCUT2D eigenvalue weighted by Crippen LogP contribution is -2.47. The molecule has 1 amide bonds. The van der Waals surface area contributed by atoms with Crippen LogP contribution >= 0.6 is 0 Å². The first kappa shape index (κ1) is 12.9. The van der Waals surface area contributed by atoms with E-state index in [4.69, 9.17) is 0 Å². The molecule has 1 saturated heterocycles. The van der Waals surface area contributed by atoms with Crippen LogP contribution in [0.15, 0.2) is 18.2 Å². The van der Waals surface area contributed by atoms with Gasteiger partial charge in [-0.2, -0.15) is 0 Å². The lowest BCUT2D eigenvalue weighted by molar-refractivity contribution is 0.0510. The summed E-state index contributed by atoms with van der Waals surface area (Å²) < 4.78 is 0. The molecule has 0 bridgehead atoms. The number of carbonyl (C=O) groups excluding carboxylic acids is 1. The zero-order valence-electron chi connectivity index (χ0n) is 11.3. The highest BCUT2D eigenvalue weighted by molar-refractivity contribution is 5.95. The minimum atomic E-state index is 0.0813. The molecule has 0 saturated carbocycles. The molecule has 0 aromatic heterocycles. The highest BCUT2D eigenvalue weighted by Gasteiger charge is 2.29. The number of rotatable bonds is 1. The van der Waals surface area contributed by atoms with Crippen LogP contribution in [0.5, 0.6) is 5.75 Å². The second kappa shape index (κ2) is 5.01. The summed E-state index contributed by atoms with van der Waals surface area (Å²) in [6.45, 7) is 6.04. The maximum absolute atomic E-state index is 12.5. The average Bonchev–Trinajstić information content (AvgIpc) is 2.32. The minimum Gasteiger partial charge on any atom is -0.508 e. The first-order chi connectivity index (χ1) is 8.50. The summed E-state index contributed by atoms with van der Waals surface area (Å²) in [4.78, 5) is 14.5. The summed E-state index contributed by atoms with van der Waals surface area (Å²) >= 11 is 0. The number of likely N-dealkylation sites (tertiary alicyclic amines) is 1. The first-order valence-electron chi connectivity index (χ1n) is 6.63. The Hall–Kier alpha value is -1.51. The zero-order chi connectivity index (χ0) is 13.3. The Morgan fingerprint density at radius 3 is 2.44 bits per heavy atom. The highest BCUT2D eigenvalue weighted by atomic mass is 16.3. The fraction of sp³-hybridized carbons (Fsp3) is 0.533. The number of carbonyl (C=O) groups is 1. The van der Waals surface area contributed by atoms with Crippen molar-refractivity contribution in [2.45, 2.75) is 52.1 Å². The molecular weight excluding hydrogens is 226 g/mol. The Morgan fingerprint density at radius 2 is 1.89 bits per heavy atom. The second-order valence-corrected chi connectivity index (χ2v) is 5.34. The molecule has 1 aliphatic heterocycles. The van der Waals surface area contributed by atoms with Gasteiger partial charge in [-0.25, -0.2) is 0 Å². The molecule has 98 valence electrons. The largest absolute Gasteiger partial charge is 0.508 e. The average molecular weight is 247 g/mol. The number of hydrogen-bond acceptors (Lipinski definition) is 2. The predicted molar refractivity (Wildman–Crippen MR) is 71.8 cm³/mol. The van der Waals surface area contributed by atoms with E-state index in [9.17, 15) is 9.90 Å². The van der Waals surface area contributed by atoms with E-state index in [0.717, 1.165) is 18.4 Å². The first-order valence-corrected chi connectivity index (χ1v) is 6.63. The number of amides is 1. The molecule has 18 heavy (non-hydrogen) atoms. The number of aryl methyl sites for hydroxylation is 1. The van der Waals surface area contributed by atoms with E-state index in [2.05, 4.69) is 13.8 Å². The third-order valence-corrected chi connectivity index (χ3v) is 3.87. The van der Waals surface area contributed by atoms with Crippen LogP contribution in [0.1, 0.15) is 49.0 Å². The summed E-state index contributed by atoms with van der Waals surface area (Å²) in [6, 6.07) is 5.68. The van der Waals surface area contributed by atoms with Crippen molar-refractivity contribution in [1.29, 1.82) is 0 Å². The maximum atomic E-state index is 12.5. The number of phenols is 1. The highest BCUT2D eigenvalue weighted by Crippen LogP contribution is 2.26. The van der Waals surface area contributed by atoms with Gasteiger partial charge in [-0.15, -0.1) is 0 Å². The van der Waals surface area contributed by atoms with E-state index in [1.165, 1.54) is 6.42 Å². The van der Waals surface area contributed by atoms with E-state index in [-0.39, 0.29) is 11.7 Å². The van der Waals surface area contributed by atoms with Crippen LogP contribution in [-0.2, 0) is 0 Å². The molecule has 1 aromatic rings. The number of nitrogens with zero attached hydrogens (tertiary/aromatic N) is 1. The van der Waals surface area contributed by atoms with E-state index in [1.54, 1.807) is 18.2 Å². The van der Waals surface area contributed by atoms with Gasteiger partial charge in [0, 0.05) is 17.6 Å². The van der Waals surface area contributed by atoms with Crippen LogP contribution < -0.4 is 0 Å². The SMILES string of the molecule is Cc1cc(C(=O)N2[C@H](C)CCC[C@@H]2C)ccc1O. The van der Waals surface area contributed by atoms with Crippen LogP contribution in [0.3, 0.4) is 0 Å². The van der Waals surface area contributed by atoms with Crippen LogP contribution in [0.2, 0.25) is 0 Å². The molecule has 1 N–H and O–H groups in total. The van der Waals surface area contributed by atoms with Crippen molar-refractivity contribution in [3.63, 3.8) is 0 Å². The van der Waals surface area contributed by atoms with Crippen LogP contribution in [0, 0.1) is 6.92 Å². The Bertz CT molecular complexity index is 446. The van der Waals surface area contributed by atoms with Crippen molar-refractivity contribution in [1.82, 2.24) is 4.90 Å². The molecule has 3 heteroatoms. The van der Waals surface area contributed by atoms with Crippen molar-refractivity contribution in [3.05, 3.63) is 29.3 Å². The van der Waals surface area contributed by atoms with E-state index in [1.807, 2.05) is 11.8 Å². The molecule has 0 aliphatic carbocycles. The topological polar surface area (TPSA) is 40.5 Å². The van der Waals surface area contributed by atoms with Crippen molar-refractivity contribution in [2.24, 2.45) is 0 Å². The van der Waals surface area contributed by atoms with Gasteiger partial charge in [0.05, 0.1) is 0 Å². The Balaban J connectivity index is 2.26. The molecular formula is C15H21NO2. The number of benzene rings is 1. The molecule has 1 aromatic carbocycles. The summed E-state index contributed by atoms with van der Waals surface area (Å²) in [6.07, 6.45) is 3.35. The fourth-order valence-corrected chi connectivity index (χ4v) is 2.76. The van der Waals surface area contributed by atoms with Crippen LogP contribution in [-0.4, -0.2) is 28.0 Å². The second-order valence-electron chi connectivity index (χ2n) is 5.34. The number of piperidine rings is 1. The third kappa shape index (κ3) is 2.35. The Labute approximate surface area is 108 Å². The third-order valence-electron chi connectivity index (χ3n) is 3.87. The fourth-order valence-electron chi connectivity index (χ4n) is 2.76. The molecule has 3 nitrogen and oxygen atoms in total.